The lowest BCUT2D eigenvalue weighted by atomic mass is 9.87. The highest BCUT2D eigenvalue weighted by Gasteiger charge is 2.24. The van der Waals surface area contributed by atoms with Crippen molar-refractivity contribution in [2.75, 3.05) is 5.73 Å². The molecule has 0 bridgehead atoms. The van der Waals surface area contributed by atoms with Crippen LogP contribution >= 0.6 is 23.2 Å². The average Bonchev–Trinajstić information content (AvgIpc) is 2.94. The number of hydrogen-bond donors (Lipinski definition) is 1. The summed E-state index contributed by atoms with van der Waals surface area (Å²) in [6, 6.07) is 3.86. The fraction of sp³-hybridized carbons (Fsp3) is 0.500. The molecule has 112 valence electrons. The Labute approximate surface area is 133 Å². The highest BCUT2D eigenvalue weighted by Crippen LogP contribution is 2.36. The summed E-state index contributed by atoms with van der Waals surface area (Å²) < 4.78 is 1.89. The van der Waals surface area contributed by atoms with Crippen molar-refractivity contribution in [3.8, 4) is 11.4 Å². The van der Waals surface area contributed by atoms with E-state index in [1.807, 2.05) is 4.68 Å². The largest absolute Gasteiger partial charge is 0.397 e. The summed E-state index contributed by atoms with van der Waals surface area (Å²) in [5, 5.41) is 12.9. The van der Waals surface area contributed by atoms with Crippen molar-refractivity contribution in [1.82, 2.24) is 20.2 Å². The molecule has 0 unspecified atom stereocenters. The monoisotopic (exact) mass is 325 g/mol. The van der Waals surface area contributed by atoms with Crippen LogP contribution in [0.15, 0.2) is 12.1 Å². The molecule has 1 saturated carbocycles. The Hall–Kier alpha value is -1.33. The van der Waals surface area contributed by atoms with Crippen LogP contribution in [0.5, 0.6) is 0 Å². The lowest BCUT2D eigenvalue weighted by Gasteiger charge is -2.26. The molecule has 3 rings (SSSR count). The minimum atomic E-state index is 0.335. The first-order valence-electron chi connectivity index (χ1n) is 7.09. The highest BCUT2D eigenvalue weighted by molar-refractivity contribution is 6.43. The van der Waals surface area contributed by atoms with E-state index < -0.39 is 0 Å². The Morgan fingerprint density at radius 2 is 1.90 bits per heavy atom. The predicted molar refractivity (Wildman–Crippen MR) is 84.4 cm³/mol. The first kappa shape index (κ1) is 14.6. The maximum atomic E-state index is 6.10. The van der Waals surface area contributed by atoms with Crippen LogP contribution in [0.4, 0.5) is 5.69 Å². The van der Waals surface area contributed by atoms with E-state index in [0.717, 1.165) is 24.3 Å². The van der Waals surface area contributed by atoms with Crippen LogP contribution < -0.4 is 5.73 Å². The van der Waals surface area contributed by atoms with Crippen molar-refractivity contribution < 1.29 is 0 Å². The molecule has 0 radical (unpaired) electrons. The van der Waals surface area contributed by atoms with Crippen molar-refractivity contribution in [2.24, 2.45) is 5.92 Å². The summed E-state index contributed by atoms with van der Waals surface area (Å²) >= 11 is 12.1. The van der Waals surface area contributed by atoms with Gasteiger partial charge in [0.05, 0.1) is 21.8 Å². The van der Waals surface area contributed by atoms with Crippen molar-refractivity contribution in [3.05, 3.63) is 22.2 Å². The van der Waals surface area contributed by atoms with Gasteiger partial charge >= 0.3 is 0 Å². The topological polar surface area (TPSA) is 69.6 Å². The Balaban J connectivity index is 1.96. The zero-order chi connectivity index (χ0) is 15.0. The third-order valence-electron chi connectivity index (χ3n) is 4.14. The molecule has 0 amide bonds. The number of nitrogens with two attached hydrogens (primary N) is 1. The van der Waals surface area contributed by atoms with Crippen LogP contribution in [0, 0.1) is 5.92 Å². The first-order chi connectivity index (χ1) is 10.1. The summed E-state index contributed by atoms with van der Waals surface area (Å²) in [6.45, 7) is 2.29. The molecular formula is C14H17Cl2N5. The number of nitrogens with zero attached hydrogens (tertiary/aromatic N) is 4. The zero-order valence-electron chi connectivity index (χ0n) is 11.8. The molecule has 7 heteroatoms. The second kappa shape index (κ2) is 5.81. The van der Waals surface area contributed by atoms with Crippen LogP contribution in [0.1, 0.15) is 38.6 Å². The van der Waals surface area contributed by atoms with E-state index in [0.29, 0.717) is 27.6 Å². The number of halogens is 2. The summed E-state index contributed by atoms with van der Waals surface area (Å²) in [6.07, 6.45) is 4.59. The number of tetrazole rings is 1. The van der Waals surface area contributed by atoms with E-state index in [2.05, 4.69) is 22.4 Å². The molecular weight excluding hydrogens is 309 g/mol. The van der Waals surface area contributed by atoms with E-state index in [1.54, 1.807) is 12.1 Å². The minimum Gasteiger partial charge on any atom is -0.397 e. The Morgan fingerprint density at radius 3 is 2.57 bits per heavy atom. The fourth-order valence-corrected chi connectivity index (χ4v) is 3.19. The van der Waals surface area contributed by atoms with Gasteiger partial charge in [0.2, 0.25) is 0 Å². The van der Waals surface area contributed by atoms with Gasteiger partial charge in [-0.15, -0.1) is 5.10 Å². The molecule has 0 aliphatic heterocycles. The molecule has 1 heterocycles. The molecule has 1 aliphatic rings. The van der Waals surface area contributed by atoms with Gasteiger partial charge in [0.1, 0.15) is 0 Å². The molecule has 2 N–H and O–H groups in total. The van der Waals surface area contributed by atoms with Crippen LogP contribution in [-0.2, 0) is 0 Å². The van der Waals surface area contributed by atoms with E-state index >= 15 is 0 Å². The van der Waals surface area contributed by atoms with Gasteiger partial charge < -0.3 is 5.73 Å². The van der Waals surface area contributed by atoms with Gasteiger partial charge in [0, 0.05) is 5.56 Å². The van der Waals surface area contributed by atoms with Crippen LogP contribution in [0.2, 0.25) is 10.0 Å². The highest BCUT2D eigenvalue weighted by atomic mass is 35.5. The molecule has 0 saturated heterocycles. The standard InChI is InChI=1S/C14H17Cl2N5/c1-8-2-4-10(5-3-8)21-14(18-19-20-21)9-6-11(15)13(16)12(17)7-9/h6-8,10H,2-5,17H2,1H3. The summed E-state index contributed by atoms with van der Waals surface area (Å²) in [5.41, 5.74) is 7.11. The van der Waals surface area contributed by atoms with Crippen LogP contribution in [0.3, 0.4) is 0 Å². The molecule has 0 spiro atoms. The number of rotatable bonds is 2. The smallest absolute Gasteiger partial charge is 0.182 e. The molecule has 1 fully saturated rings. The van der Waals surface area contributed by atoms with Gasteiger partial charge in [-0.25, -0.2) is 4.68 Å². The normalized spacial score (nSPS) is 22.4. The average molecular weight is 326 g/mol. The van der Waals surface area contributed by atoms with Crippen molar-refractivity contribution >= 4 is 28.9 Å². The SMILES string of the molecule is CC1CCC(n2nnnc2-c2cc(N)c(Cl)c(Cl)c2)CC1. The van der Waals surface area contributed by atoms with Crippen molar-refractivity contribution in [3.63, 3.8) is 0 Å². The minimum absolute atomic E-state index is 0.335. The van der Waals surface area contributed by atoms with Gasteiger partial charge in [-0.3, -0.25) is 0 Å². The van der Waals surface area contributed by atoms with E-state index in [1.165, 1.54) is 12.8 Å². The van der Waals surface area contributed by atoms with Gasteiger partial charge in [0.15, 0.2) is 5.82 Å². The molecule has 1 aromatic carbocycles. The van der Waals surface area contributed by atoms with Gasteiger partial charge in [-0.1, -0.05) is 30.1 Å². The molecule has 1 aliphatic carbocycles. The molecule has 1 aromatic heterocycles. The van der Waals surface area contributed by atoms with Gasteiger partial charge in [-0.2, -0.15) is 0 Å². The quantitative estimate of drug-likeness (QED) is 0.848. The Bertz CT molecular complexity index is 624. The lowest BCUT2D eigenvalue weighted by molar-refractivity contribution is 0.272. The zero-order valence-corrected chi connectivity index (χ0v) is 13.3. The van der Waals surface area contributed by atoms with Crippen LogP contribution in [0.25, 0.3) is 11.4 Å². The number of nitrogen functional groups attached to an aromatic ring is 1. The maximum Gasteiger partial charge on any atom is 0.182 e. The summed E-state index contributed by atoms with van der Waals surface area (Å²) in [4.78, 5) is 0. The number of benzene rings is 1. The fourth-order valence-electron chi connectivity index (χ4n) is 2.86. The number of hydrogen-bond acceptors (Lipinski definition) is 4. The Morgan fingerprint density at radius 1 is 1.19 bits per heavy atom. The molecule has 0 atom stereocenters. The maximum absolute atomic E-state index is 6.10. The third kappa shape index (κ3) is 2.85. The number of anilines is 1. The van der Waals surface area contributed by atoms with E-state index in [9.17, 15) is 0 Å². The van der Waals surface area contributed by atoms with Gasteiger partial charge in [-0.05, 0) is 54.2 Å². The first-order valence-corrected chi connectivity index (χ1v) is 7.84. The second-order valence-electron chi connectivity index (χ2n) is 5.72. The summed E-state index contributed by atoms with van der Waals surface area (Å²) in [5.74, 6) is 1.47. The molecule has 21 heavy (non-hydrogen) atoms. The molecule has 5 nitrogen and oxygen atoms in total. The summed E-state index contributed by atoms with van der Waals surface area (Å²) in [7, 11) is 0. The third-order valence-corrected chi connectivity index (χ3v) is 4.96. The molecule has 2 aromatic rings. The van der Waals surface area contributed by atoms with E-state index in [4.69, 9.17) is 28.9 Å². The van der Waals surface area contributed by atoms with Crippen molar-refractivity contribution in [1.29, 1.82) is 0 Å². The predicted octanol–water partition coefficient (Wildman–Crippen LogP) is 3.98. The Kier molecular flexibility index (Phi) is 4.04. The van der Waals surface area contributed by atoms with Crippen LogP contribution in [-0.4, -0.2) is 20.2 Å². The van der Waals surface area contributed by atoms with Gasteiger partial charge in [0.25, 0.3) is 0 Å². The lowest BCUT2D eigenvalue weighted by Crippen LogP contribution is -2.18. The number of aromatic nitrogens is 4. The second-order valence-corrected chi connectivity index (χ2v) is 6.51. The van der Waals surface area contributed by atoms with Crippen molar-refractivity contribution in [2.45, 2.75) is 38.6 Å². The van der Waals surface area contributed by atoms with E-state index in [-0.39, 0.29) is 0 Å².